The molecule has 0 radical (unpaired) electrons. The van der Waals surface area contributed by atoms with Crippen LogP contribution in [0, 0.1) is 6.92 Å². The Balaban J connectivity index is 2.59. The molecule has 1 rings (SSSR count). The monoisotopic (exact) mass is 254 g/mol. The minimum atomic E-state index is -0.483. The summed E-state index contributed by atoms with van der Waals surface area (Å²) in [5, 5.41) is 10.3. The van der Waals surface area contributed by atoms with Crippen LogP contribution in [0.2, 0.25) is 0 Å². The predicted octanol–water partition coefficient (Wildman–Crippen LogP) is 3.57. The van der Waals surface area contributed by atoms with Gasteiger partial charge in [0, 0.05) is 11.3 Å². The number of rotatable bonds is 6. The van der Waals surface area contributed by atoms with Crippen LogP contribution in [0.15, 0.2) is 18.2 Å². The summed E-state index contributed by atoms with van der Waals surface area (Å²) in [6.45, 7) is 8.84. The second-order valence-corrected chi connectivity index (χ2v) is 6.17. The van der Waals surface area contributed by atoms with Gasteiger partial charge in [0.1, 0.15) is 5.75 Å². The number of aliphatic hydroxyl groups excluding tert-OH is 1. The molecule has 0 unspecified atom stereocenters. The van der Waals surface area contributed by atoms with Crippen molar-refractivity contribution < 1.29 is 9.84 Å². The summed E-state index contributed by atoms with van der Waals surface area (Å²) >= 11 is 1.88. The number of aliphatic hydroxyl groups is 1. The molecule has 0 bridgehead atoms. The highest BCUT2D eigenvalue weighted by molar-refractivity contribution is 7.99. The highest BCUT2D eigenvalue weighted by Gasteiger charge is 2.09. The van der Waals surface area contributed by atoms with Crippen LogP contribution < -0.4 is 4.74 Å². The second-order valence-electron chi connectivity index (χ2n) is 4.49. The third kappa shape index (κ3) is 5.00. The fourth-order valence-electron chi connectivity index (χ4n) is 1.55. The Hall–Kier alpha value is -0.670. The number of benzene rings is 1. The van der Waals surface area contributed by atoms with Crippen molar-refractivity contribution in [3.05, 3.63) is 29.3 Å². The zero-order valence-corrected chi connectivity index (χ0v) is 11.9. The first-order chi connectivity index (χ1) is 8.00. The SMILES string of the molecule is Cc1ccc([C@H](C)O)c(OCCSC(C)C)c1. The van der Waals surface area contributed by atoms with E-state index in [0.717, 1.165) is 22.6 Å². The van der Waals surface area contributed by atoms with E-state index < -0.39 is 6.10 Å². The first-order valence-electron chi connectivity index (χ1n) is 6.03. The van der Waals surface area contributed by atoms with Gasteiger partial charge in [-0.25, -0.2) is 0 Å². The molecule has 96 valence electrons. The molecule has 3 heteroatoms. The van der Waals surface area contributed by atoms with Gasteiger partial charge in [0.25, 0.3) is 0 Å². The van der Waals surface area contributed by atoms with Crippen molar-refractivity contribution in [3.63, 3.8) is 0 Å². The minimum Gasteiger partial charge on any atom is -0.492 e. The van der Waals surface area contributed by atoms with E-state index in [4.69, 9.17) is 4.74 Å². The average molecular weight is 254 g/mol. The maximum absolute atomic E-state index is 9.65. The molecule has 0 aromatic heterocycles. The van der Waals surface area contributed by atoms with Gasteiger partial charge in [-0.2, -0.15) is 11.8 Å². The molecule has 0 heterocycles. The maximum Gasteiger partial charge on any atom is 0.125 e. The Morgan fingerprint density at radius 3 is 2.59 bits per heavy atom. The lowest BCUT2D eigenvalue weighted by atomic mass is 10.1. The van der Waals surface area contributed by atoms with E-state index in [-0.39, 0.29) is 0 Å². The molecule has 1 atom stereocenters. The van der Waals surface area contributed by atoms with Gasteiger partial charge in [0.15, 0.2) is 0 Å². The molecule has 1 aromatic carbocycles. The third-order valence-electron chi connectivity index (χ3n) is 2.41. The molecule has 0 saturated heterocycles. The number of hydrogen-bond donors (Lipinski definition) is 1. The number of ether oxygens (including phenoxy) is 1. The van der Waals surface area contributed by atoms with E-state index in [1.54, 1.807) is 6.92 Å². The Morgan fingerprint density at radius 2 is 2.00 bits per heavy atom. The van der Waals surface area contributed by atoms with Gasteiger partial charge in [-0.3, -0.25) is 0 Å². The highest BCUT2D eigenvalue weighted by atomic mass is 32.2. The van der Waals surface area contributed by atoms with E-state index in [1.807, 2.05) is 36.9 Å². The Morgan fingerprint density at radius 1 is 1.29 bits per heavy atom. The molecule has 0 fully saturated rings. The van der Waals surface area contributed by atoms with Crippen molar-refractivity contribution in [2.45, 2.75) is 39.0 Å². The fraction of sp³-hybridized carbons (Fsp3) is 0.571. The lowest BCUT2D eigenvalue weighted by molar-refractivity contribution is 0.192. The zero-order valence-electron chi connectivity index (χ0n) is 11.1. The summed E-state index contributed by atoms with van der Waals surface area (Å²) in [5.74, 6) is 1.79. The van der Waals surface area contributed by atoms with Gasteiger partial charge in [-0.1, -0.05) is 26.0 Å². The summed E-state index contributed by atoms with van der Waals surface area (Å²) in [4.78, 5) is 0. The van der Waals surface area contributed by atoms with Gasteiger partial charge in [-0.05, 0) is 30.7 Å². The van der Waals surface area contributed by atoms with E-state index >= 15 is 0 Å². The fourth-order valence-corrected chi connectivity index (χ4v) is 2.20. The van der Waals surface area contributed by atoms with Crippen LogP contribution in [0.25, 0.3) is 0 Å². The molecule has 2 nitrogen and oxygen atoms in total. The Labute approximate surface area is 108 Å². The summed E-state index contributed by atoms with van der Waals surface area (Å²) in [6, 6.07) is 5.92. The van der Waals surface area contributed by atoms with Crippen LogP contribution in [0.3, 0.4) is 0 Å². The van der Waals surface area contributed by atoms with Crippen molar-refractivity contribution in [1.82, 2.24) is 0 Å². The number of hydrogen-bond acceptors (Lipinski definition) is 3. The van der Waals surface area contributed by atoms with Crippen LogP contribution in [-0.2, 0) is 0 Å². The molecule has 1 aromatic rings. The lowest BCUT2D eigenvalue weighted by Crippen LogP contribution is -2.06. The maximum atomic E-state index is 9.65. The summed E-state index contributed by atoms with van der Waals surface area (Å²) in [7, 11) is 0. The van der Waals surface area contributed by atoms with Crippen LogP contribution in [-0.4, -0.2) is 22.7 Å². The molecule has 0 aliphatic carbocycles. The molecule has 0 aliphatic heterocycles. The largest absolute Gasteiger partial charge is 0.492 e. The quantitative estimate of drug-likeness (QED) is 0.787. The minimum absolute atomic E-state index is 0.483. The van der Waals surface area contributed by atoms with Crippen LogP contribution in [0.4, 0.5) is 0 Å². The Bertz CT molecular complexity index is 348. The molecule has 0 saturated carbocycles. The summed E-state index contributed by atoms with van der Waals surface area (Å²) in [6.07, 6.45) is -0.483. The Kier molecular flexibility index (Phi) is 5.86. The van der Waals surface area contributed by atoms with E-state index in [1.165, 1.54) is 0 Å². The first kappa shape index (κ1) is 14.4. The standard InChI is InChI=1S/C14H22O2S/c1-10(2)17-8-7-16-14-9-11(3)5-6-13(14)12(4)15/h5-6,9-10,12,15H,7-8H2,1-4H3/t12-/m0/s1. The topological polar surface area (TPSA) is 29.5 Å². The van der Waals surface area contributed by atoms with Gasteiger partial charge < -0.3 is 9.84 Å². The van der Waals surface area contributed by atoms with Gasteiger partial charge in [0.2, 0.25) is 0 Å². The number of aryl methyl sites for hydroxylation is 1. The van der Waals surface area contributed by atoms with Crippen molar-refractivity contribution in [1.29, 1.82) is 0 Å². The third-order valence-corrected chi connectivity index (χ3v) is 3.48. The van der Waals surface area contributed by atoms with E-state index in [9.17, 15) is 5.11 Å². The van der Waals surface area contributed by atoms with Crippen molar-refractivity contribution in [3.8, 4) is 5.75 Å². The van der Waals surface area contributed by atoms with E-state index in [0.29, 0.717) is 11.9 Å². The van der Waals surface area contributed by atoms with Crippen molar-refractivity contribution in [2.24, 2.45) is 0 Å². The van der Waals surface area contributed by atoms with Crippen molar-refractivity contribution >= 4 is 11.8 Å². The molecule has 0 amide bonds. The molecule has 1 N–H and O–H groups in total. The highest BCUT2D eigenvalue weighted by Crippen LogP contribution is 2.26. The van der Waals surface area contributed by atoms with E-state index in [2.05, 4.69) is 13.8 Å². The van der Waals surface area contributed by atoms with Crippen LogP contribution in [0.5, 0.6) is 5.75 Å². The normalized spacial score (nSPS) is 12.8. The lowest BCUT2D eigenvalue weighted by Gasteiger charge is -2.14. The first-order valence-corrected chi connectivity index (χ1v) is 7.08. The summed E-state index contributed by atoms with van der Waals surface area (Å²) in [5.41, 5.74) is 2.02. The van der Waals surface area contributed by atoms with Crippen LogP contribution in [0.1, 0.15) is 38.0 Å². The molecular weight excluding hydrogens is 232 g/mol. The average Bonchev–Trinajstić information content (AvgIpc) is 2.23. The molecule has 17 heavy (non-hydrogen) atoms. The second kappa shape index (κ2) is 6.92. The molecule has 0 spiro atoms. The molecular formula is C14H22O2S. The van der Waals surface area contributed by atoms with Crippen molar-refractivity contribution in [2.75, 3.05) is 12.4 Å². The van der Waals surface area contributed by atoms with Gasteiger partial charge in [-0.15, -0.1) is 0 Å². The predicted molar refractivity (Wildman–Crippen MR) is 74.9 cm³/mol. The molecule has 0 aliphatic rings. The smallest absolute Gasteiger partial charge is 0.125 e. The number of thioether (sulfide) groups is 1. The van der Waals surface area contributed by atoms with Gasteiger partial charge >= 0.3 is 0 Å². The van der Waals surface area contributed by atoms with Gasteiger partial charge in [0.05, 0.1) is 12.7 Å². The zero-order chi connectivity index (χ0) is 12.8. The van der Waals surface area contributed by atoms with Crippen LogP contribution >= 0.6 is 11.8 Å². The summed E-state index contributed by atoms with van der Waals surface area (Å²) < 4.78 is 5.75.